The molecular weight excluding hydrogens is 274 g/mol. The summed E-state index contributed by atoms with van der Waals surface area (Å²) in [4.78, 5) is 0.217. The van der Waals surface area contributed by atoms with Crippen LogP contribution in [0.4, 0.5) is 0 Å². The molecule has 0 aliphatic heterocycles. The lowest BCUT2D eigenvalue weighted by molar-refractivity contribution is 0.280. The van der Waals surface area contributed by atoms with Gasteiger partial charge in [-0.05, 0) is 48.9 Å². The van der Waals surface area contributed by atoms with E-state index in [0.29, 0.717) is 11.5 Å². The Morgan fingerprint density at radius 2 is 1.85 bits per heavy atom. The summed E-state index contributed by atoms with van der Waals surface area (Å²) in [5.74, 6) is 0.433. The topological polar surface area (TPSA) is 66.4 Å². The zero-order chi connectivity index (χ0) is 15.3. The molecule has 114 valence electrons. The van der Waals surface area contributed by atoms with Gasteiger partial charge < -0.3 is 5.11 Å². The van der Waals surface area contributed by atoms with Crippen molar-refractivity contribution < 1.29 is 13.5 Å². The molecule has 0 amide bonds. The Hall–Kier alpha value is -0.910. The number of nitrogens with one attached hydrogen (secondary N) is 1. The number of hydrogen-bond donors (Lipinski definition) is 2. The van der Waals surface area contributed by atoms with Gasteiger partial charge in [0.25, 0.3) is 0 Å². The second-order valence-corrected chi connectivity index (χ2v) is 7.31. The lowest BCUT2D eigenvalue weighted by Crippen LogP contribution is -2.33. The molecule has 1 aromatic rings. The molecule has 0 radical (unpaired) electrons. The average molecular weight is 299 g/mol. The standard InChI is InChI=1S/C15H25NO3S/c1-5-13-6-7-15(9-14(13)10-17)20(18,19)16-12(4)8-11(2)3/h6-7,9,11-12,16-17H,5,8,10H2,1-4H3. The summed E-state index contributed by atoms with van der Waals surface area (Å²) in [5.41, 5.74) is 1.65. The summed E-state index contributed by atoms with van der Waals surface area (Å²) in [6.45, 7) is 7.82. The van der Waals surface area contributed by atoms with E-state index in [0.717, 1.165) is 18.4 Å². The van der Waals surface area contributed by atoms with Gasteiger partial charge in [0.05, 0.1) is 11.5 Å². The molecule has 1 unspecified atom stereocenters. The van der Waals surface area contributed by atoms with Gasteiger partial charge in [0.2, 0.25) is 10.0 Å². The van der Waals surface area contributed by atoms with Gasteiger partial charge in [-0.25, -0.2) is 13.1 Å². The van der Waals surface area contributed by atoms with Crippen molar-refractivity contribution in [3.8, 4) is 0 Å². The van der Waals surface area contributed by atoms with Crippen LogP contribution >= 0.6 is 0 Å². The zero-order valence-corrected chi connectivity index (χ0v) is 13.5. The van der Waals surface area contributed by atoms with Crippen molar-refractivity contribution >= 4 is 10.0 Å². The Labute approximate surface area is 122 Å². The van der Waals surface area contributed by atoms with Crippen LogP contribution in [0.15, 0.2) is 23.1 Å². The first kappa shape index (κ1) is 17.1. The normalized spacial score (nSPS) is 13.7. The molecule has 4 nitrogen and oxygen atoms in total. The number of sulfonamides is 1. The van der Waals surface area contributed by atoms with Crippen LogP contribution in [-0.4, -0.2) is 19.6 Å². The molecule has 2 N–H and O–H groups in total. The average Bonchev–Trinajstić information content (AvgIpc) is 2.36. The van der Waals surface area contributed by atoms with Crippen molar-refractivity contribution in [3.05, 3.63) is 29.3 Å². The largest absolute Gasteiger partial charge is 0.392 e. The first-order valence-corrected chi connectivity index (χ1v) is 8.53. The summed E-state index contributed by atoms with van der Waals surface area (Å²) < 4.78 is 27.3. The van der Waals surface area contributed by atoms with Gasteiger partial charge in [0.1, 0.15) is 0 Å². The van der Waals surface area contributed by atoms with E-state index >= 15 is 0 Å². The number of rotatable bonds is 7. The van der Waals surface area contributed by atoms with E-state index in [-0.39, 0.29) is 17.5 Å². The van der Waals surface area contributed by atoms with Gasteiger partial charge in [-0.15, -0.1) is 0 Å². The Morgan fingerprint density at radius 1 is 1.20 bits per heavy atom. The van der Waals surface area contributed by atoms with Gasteiger partial charge in [-0.3, -0.25) is 0 Å². The molecule has 20 heavy (non-hydrogen) atoms. The zero-order valence-electron chi connectivity index (χ0n) is 12.7. The van der Waals surface area contributed by atoms with Crippen LogP contribution in [0.5, 0.6) is 0 Å². The van der Waals surface area contributed by atoms with Crippen LogP contribution in [0.3, 0.4) is 0 Å². The third kappa shape index (κ3) is 4.58. The smallest absolute Gasteiger partial charge is 0.240 e. The van der Waals surface area contributed by atoms with Crippen molar-refractivity contribution in [2.24, 2.45) is 5.92 Å². The fourth-order valence-electron chi connectivity index (χ4n) is 2.35. The van der Waals surface area contributed by atoms with E-state index in [1.165, 1.54) is 0 Å². The van der Waals surface area contributed by atoms with Crippen molar-refractivity contribution in [3.63, 3.8) is 0 Å². The number of aryl methyl sites for hydroxylation is 1. The summed E-state index contributed by atoms with van der Waals surface area (Å²) in [6.07, 6.45) is 1.56. The molecule has 0 heterocycles. The van der Waals surface area contributed by atoms with Gasteiger partial charge in [0.15, 0.2) is 0 Å². The molecule has 5 heteroatoms. The first-order valence-electron chi connectivity index (χ1n) is 7.05. The second kappa shape index (κ2) is 7.20. The van der Waals surface area contributed by atoms with E-state index < -0.39 is 10.0 Å². The number of aliphatic hydroxyl groups excluding tert-OH is 1. The number of benzene rings is 1. The highest BCUT2D eigenvalue weighted by molar-refractivity contribution is 7.89. The summed E-state index contributed by atoms with van der Waals surface area (Å²) in [7, 11) is -3.52. The second-order valence-electron chi connectivity index (χ2n) is 5.59. The maximum atomic E-state index is 12.3. The minimum atomic E-state index is -3.52. The highest BCUT2D eigenvalue weighted by atomic mass is 32.2. The molecule has 0 bridgehead atoms. The Kier molecular flexibility index (Phi) is 6.17. The highest BCUT2D eigenvalue weighted by Gasteiger charge is 2.19. The van der Waals surface area contributed by atoms with E-state index in [2.05, 4.69) is 18.6 Å². The molecule has 0 fully saturated rings. The quantitative estimate of drug-likeness (QED) is 0.812. The maximum Gasteiger partial charge on any atom is 0.240 e. The van der Waals surface area contributed by atoms with E-state index in [1.807, 2.05) is 13.8 Å². The molecule has 0 saturated heterocycles. The maximum absolute atomic E-state index is 12.3. The highest BCUT2D eigenvalue weighted by Crippen LogP contribution is 2.18. The predicted octanol–water partition coefficient (Wildman–Crippen LogP) is 2.45. The molecule has 0 spiro atoms. The lowest BCUT2D eigenvalue weighted by atomic mass is 10.1. The van der Waals surface area contributed by atoms with Gasteiger partial charge >= 0.3 is 0 Å². The van der Waals surface area contributed by atoms with Crippen LogP contribution < -0.4 is 4.72 Å². The van der Waals surface area contributed by atoms with Gasteiger partial charge in [-0.1, -0.05) is 26.8 Å². The molecule has 0 aliphatic rings. The van der Waals surface area contributed by atoms with Gasteiger partial charge in [0, 0.05) is 6.04 Å². The fourth-order valence-corrected chi connectivity index (χ4v) is 3.66. The fraction of sp³-hybridized carbons (Fsp3) is 0.600. The Bertz CT molecular complexity index is 538. The summed E-state index contributed by atoms with van der Waals surface area (Å²) in [6, 6.07) is 4.82. The molecule has 0 aromatic heterocycles. The van der Waals surface area contributed by atoms with E-state index in [1.54, 1.807) is 18.2 Å². The monoisotopic (exact) mass is 299 g/mol. The van der Waals surface area contributed by atoms with Crippen molar-refractivity contribution in [1.29, 1.82) is 0 Å². The van der Waals surface area contributed by atoms with Crippen LogP contribution in [0.1, 0.15) is 45.2 Å². The SMILES string of the molecule is CCc1ccc(S(=O)(=O)NC(C)CC(C)C)cc1CO. The van der Waals surface area contributed by atoms with Crippen molar-refractivity contribution in [2.45, 2.75) is 58.1 Å². The van der Waals surface area contributed by atoms with Gasteiger partial charge in [-0.2, -0.15) is 0 Å². The Balaban J connectivity index is 2.98. The first-order chi connectivity index (χ1) is 9.30. The lowest BCUT2D eigenvalue weighted by Gasteiger charge is -2.17. The molecule has 1 aromatic carbocycles. The van der Waals surface area contributed by atoms with E-state index in [4.69, 9.17) is 0 Å². The van der Waals surface area contributed by atoms with Crippen LogP contribution in [0.25, 0.3) is 0 Å². The third-order valence-corrected chi connectivity index (χ3v) is 4.81. The predicted molar refractivity (Wildman–Crippen MR) is 81.0 cm³/mol. The summed E-state index contributed by atoms with van der Waals surface area (Å²) >= 11 is 0. The third-order valence-electron chi connectivity index (χ3n) is 3.22. The van der Waals surface area contributed by atoms with Crippen molar-refractivity contribution in [2.75, 3.05) is 0 Å². The molecular formula is C15H25NO3S. The molecule has 1 rings (SSSR count). The number of aliphatic hydroxyl groups is 1. The molecule has 0 aliphatic carbocycles. The minimum absolute atomic E-state index is 0.108. The van der Waals surface area contributed by atoms with Crippen LogP contribution in [0, 0.1) is 5.92 Å². The minimum Gasteiger partial charge on any atom is -0.392 e. The molecule has 0 saturated carbocycles. The van der Waals surface area contributed by atoms with Crippen LogP contribution in [0.2, 0.25) is 0 Å². The molecule has 1 atom stereocenters. The van der Waals surface area contributed by atoms with Crippen molar-refractivity contribution in [1.82, 2.24) is 4.72 Å². The van der Waals surface area contributed by atoms with E-state index in [9.17, 15) is 13.5 Å². The Morgan fingerprint density at radius 3 is 2.35 bits per heavy atom. The van der Waals surface area contributed by atoms with Crippen LogP contribution in [-0.2, 0) is 23.1 Å². The number of hydrogen-bond acceptors (Lipinski definition) is 3. The summed E-state index contributed by atoms with van der Waals surface area (Å²) in [5, 5.41) is 9.33.